The molecule has 1 unspecified atom stereocenters. The number of aliphatic hydroxyl groups excluding tert-OH is 1. The van der Waals surface area contributed by atoms with Crippen LogP contribution >= 0.6 is 34.5 Å². The third-order valence-corrected chi connectivity index (χ3v) is 4.48. The van der Waals surface area contributed by atoms with Crippen molar-refractivity contribution in [3.8, 4) is 0 Å². The summed E-state index contributed by atoms with van der Waals surface area (Å²) in [6.45, 7) is 2.00. The van der Waals surface area contributed by atoms with Crippen molar-refractivity contribution in [2.24, 2.45) is 0 Å². The smallest absolute Gasteiger partial charge is 0.0924 e. The Kier molecular flexibility index (Phi) is 4.10. The van der Waals surface area contributed by atoms with Gasteiger partial charge < -0.3 is 5.11 Å². The molecule has 1 nitrogen and oxygen atoms in total. The first-order valence-electron chi connectivity index (χ1n) is 5.24. The standard InChI is InChI=1S/C13H12Cl2OS/c1-8-4-5-17-13(8)12(16)7-9-2-3-10(14)11(15)6-9/h2-6,12,16H,7H2,1H3. The van der Waals surface area contributed by atoms with E-state index in [1.807, 2.05) is 24.4 Å². The zero-order valence-electron chi connectivity index (χ0n) is 9.28. The lowest BCUT2D eigenvalue weighted by Gasteiger charge is -2.10. The van der Waals surface area contributed by atoms with Crippen molar-refractivity contribution in [2.45, 2.75) is 19.4 Å². The van der Waals surface area contributed by atoms with Gasteiger partial charge in [0.1, 0.15) is 0 Å². The van der Waals surface area contributed by atoms with E-state index in [4.69, 9.17) is 23.2 Å². The van der Waals surface area contributed by atoms with Crippen LogP contribution in [-0.4, -0.2) is 5.11 Å². The number of benzene rings is 1. The van der Waals surface area contributed by atoms with Crippen LogP contribution in [0, 0.1) is 6.92 Å². The highest BCUT2D eigenvalue weighted by molar-refractivity contribution is 7.10. The van der Waals surface area contributed by atoms with Gasteiger partial charge in [-0.25, -0.2) is 0 Å². The summed E-state index contributed by atoms with van der Waals surface area (Å²) in [4.78, 5) is 1.01. The first kappa shape index (κ1) is 12.9. The molecule has 0 bridgehead atoms. The maximum Gasteiger partial charge on any atom is 0.0924 e. The van der Waals surface area contributed by atoms with Gasteiger partial charge in [-0.3, -0.25) is 0 Å². The molecule has 90 valence electrons. The van der Waals surface area contributed by atoms with E-state index in [-0.39, 0.29) is 0 Å². The molecule has 1 atom stereocenters. The molecule has 0 aliphatic carbocycles. The summed E-state index contributed by atoms with van der Waals surface area (Å²) in [5.74, 6) is 0. The average Bonchev–Trinajstić information content (AvgIpc) is 2.70. The Hall–Kier alpha value is -0.540. The Labute approximate surface area is 115 Å². The molecular weight excluding hydrogens is 275 g/mol. The van der Waals surface area contributed by atoms with Gasteiger partial charge in [0.25, 0.3) is 0 Å². The molecule has 17 heavy (non-hydrogen) atoms. The molecule has 2 aromatic rings. The summed E-state index contributed by atoms with van der Waals surface area (Å²) >= 11 is 13.4. The minimum Gasteiger partial charge on any atom is -0.387 e. The Bertz CT molecular complexity index is 522. The first-order valence-corrected chi connectivity index (χ1v) is 6.87. The Balaban J connectivity index is 2.16. The van der Waals surface area contributed by atoms with E-state index < -0.39 is 6.10 Å². The van der Waals surface area contributed by atoms with Crippen LogP contribution in [0.2, 0.25) is 10.0 Å². The summed E-state index contributed by atoms with van der Waals surface area (Å²) in [5, 5.41) is 13.2. The molecule has 1 aromatic heterocycles. The van der Waals surface area contributed by atoms with E-state index in [0.29, 0.717) is 16.5 Å². The van der Waals surface area contributed by atoms with Crippen LogP contribution in [0.3, 0.4) is 0 Å². The number of rotatable bonds is 3. The minimum absolute atomic E-state index is 0.479. The molecule has 0 aliphatic heterocycles. The lowest BCUT2D eigenvalue weighted by Crippen LogP contribution is -2.01. The summed E-state index contributed by atoms with van der Waals surface area (Å²) in [7, 11) is 0. The molecule has 1 aromatic carbocycles. The molecule has 0 saturated heterocycles. The fourth-order valence-corrected chi connectivity index (χ4v) is 2.94. The van der Waals surface area contributed by atoms with Crippen molar-refractivity contribution >= 4 is 34.5 Å². The highest BCUT2D eigenvalue weighted by Gasteiger charge is 2.13. The number of thiophene rings is 1. The van der Waals surface area contributed by atoms with Crippen LogP contribution in [0.1, 0.15) is 22.1 Å². The quantitative estimate of drug-likeness (QED) is 0.872. The first-order chi connectivity index (χ1) is 8.08. The third kappa shape index (κ3) is 3.02. The predicted molar refractivity (Wildman–Crippen MR) is 74.2 cm³/mol. The van der Waals surface area contributed by atoms with Crippen molar-refractivity contribution in [1.82, 2.24) is 0 Å². The van der Waals surface area contributed by atoms with Crippen molar-refractivity contribution in [3.05, 3.63) is 55.7 Å². The lowest BCUT2D eigenvalue weighted by atomic mass is 10.1. The molecule has 0 fully saturated rings. The molecule has 4 heteroatoms. The Morgan fingerprint density at radius 2 is 2.00 bits per heavy atom. The second kappa shape index (κ2) is 5.40. The van der Waals surface area contributed by atoms with E-state index in [2.05, 4.69) is 0 Å². The van der Waals surface area contributed by atoms with Gasteiger partial charge in [-0.05, 0) is 41.6 Å². The maximum absolute atomic E-state index is 10.1. The third-order valence-electron chi connectivity index (χ3n) is 2.62. The van der Waals surface area contributed by atoms with Crippen LogP contribution in [0.15, 0.2) is 29.6 Å². The van der Waals surface area contributed by atoms with Crippen LogP contribution in [0.4, 0.5) is 0 Å². The van der Waals surface area contributed by atoms with Crippen LogP contribution in [0.25, 0.3) is 0 Å². The molecule has 0 spiro atoms. The van der Waals surface area contributed by atoms with Gasteiger partial charge in [0, 0.05) is 11.3 Å². The number of halogens is 2. The fourth-order valence-electron chi connectivity index (χ4n) is 1.71. The van der Waals surface area contributed by atoms with Crippen molar-refractivity contribution < 1.29 is 5.11 Å². The van der Waals surface area contributed by atoms with E-state index in [0.717, 1.165) is 16.0 Å². The van der Waals surface area contributed by atoms with Gasteiger partial charge in [-0.1, -0.05) is 29.3 Å². The minimum atomic E-state index is -0.479. The van der Waals surface area contributed by atoms with Gasteiger partial charge in [0.15, 0.2) is 0 Å². The van der Waals surface area contributed by atoms with Crippen molar-refractivity contribution in [1.29, 1.82) is 0 Å². The van der Waals surface area contributed by atoms with Gasteiger partial charge in [-0.15, -0.1) is 11.3 Å². The van der Waals surface area contributed by atoms with Crippen molar-refractivity contribution in [2.75, 3.05) is 0 Å². The molecule has 1 N–H and O–H groups in total. The Morgan fingerprint density at radius 3 is 2.59 bits per heavy atom. The normalized spacial score (nSPS) is 12.7. The molecule has 0 amide bonds. The summed E-state index contributed by atoms with van der Waals surface area (Å²) in [6.07, 6.45) is 0.0744. The van der Waals surface area contributed by atoms with Crippen LogP contribution in [0.5, 0.6) is 0 Å². The van der Waals surface area contributed by atoms with Crippen molar-refractivity contribution in [3.63, 3.8) is 0 Å². The molecule has 0 saturated carbocycles. The van der Waals surface area contributed by atoms with E-state index in [9.17, 15) is 5.11 Å². The largest absolute Gasteiger partial charge is 0.387 e. The molecule has 0 radical (unpaired) electrons. The maximum atomic E-state index is 10.1. The highest BCUT2D eigenvalue weighted by atomic mass is 35.5. The highest BCUT2D eigenvalue weighted by Crippen LogP contribution is 2.29. The van der Waals surface area contributed by atoms with E-state index in [1.54, 1.807) is 23.5 Å². The number of hydrogen-bond donors (Lipinski definition) is 1. The summed E-state index contributed by atoms with van der Waals surface area (Å²) in [6, 6.07) is 7.46. The van der Waals surface area contributed by atoms with E-state index in [1.165, 1.54) is 0 Å². The second-order valence-corrected chi connectivity index (χ2v) is 5.70. The van der Waals surface area contributed by atoms with Crippen LogP contribution in [-0.2, 0) is 6.42 Å². The topological polar surface area (TPSA) is 20.2 Å². The Morgan fingerprint density at radius 1 is 1.24 bits per heavy atom. The molecule has 0 aliphatic rings. The van der Waals surface area contributed by atoms with Gasteiger partial charge >= 0.3 is 0 Å². The fraction of sp³-hybridized carbons (Fsp3) is 0.231. The second-order valence-electron chi connectivity index (χ2n) is 3.94. The average molecular weight is 287 g/mol. The molecule has 2 rings (SSSR count). The van der Waals surface area contributed by atoms with Gasteiger partial charge in [-0.2, -0.15) is 0 Å². The molecular formula is C13H12Cl2OS. The van der Waals surface area contributed by atoms with Gasteiger partial charge in [0.05, 0.1) is 16.1 Å². The summed E-state index contributed by atoms with van der Waals surface area (Å²) < 4.78 is 0. The number of aliphatic hydroxyl groups is 1. The number of aryl methyl sites for hydroxylation is 1. The predicted octanol–water partition coefficient (Wildman–Crippen LogP) is 4.64. The zero-order valence-corrected chi connectivity index (χ0v) is 11.6. The summed E-state index contributed by atoms with van der Waals surface area (Å²) in [5.41, 5.74) is 2.11. The van der Waals surface area contributed by atoms with Crippen LogP contribution < -0.4 is 0 Å². The SMILES string of the molecule is Cc1ccsc1C(O)Cc1ccc(Cl)c(Cl)c1. The zero-order chi connectivity index (χ0) is 12.4. The monoisotopic (exact) mass is 286 g/mol. The van der Waals surface area contributed by atoms with Gasteiger partial charge in [0.2, 0.25) is 0 Å². The van der Waals surface area contributed by atoms with E-state index >= 15 is 0 Å². The molecule has 1 heterocycles. The lowest BCUT2D eigenvalue weighted by molar-refractivity contribution is 0.181. The number of hydrogen-bond acceptors (Lipinski definition) is 2.